The van der Waals surface area contributed by atoms with Crippen LogP contribution in [0.15, 0.2) is 30.3 Å². The number of hydrogen-bond donors (Lipinski definition) is 0. The first-order valence-electron chi connectivity index (χ1n) is 6.84. The molecular formula is C16H19ClN2. The summed E-state index contributed by atoms with van der Waals surface area (Å²) in [7, 11) is 0. The average Bonchev–Trinajstić information content (AvgIpc) is 2.77. The molecule has 2 aromatic rings. The van der Waals surface area contributed by atoms with E-state index < -0.39 is 0 Å². The number of hydrogen-bond acceptors (Lipinski definition) is 2. The molecule has 0 unspecified atom stereocenters. The molecule has 0 saturated carbocycles. The molecule has 1 aromatic heterocycles. The molecule has 0 atom stereocenters. The standard InChI is InChI=1S/C16H19ClN2/c1-16(2)8-5-9-19(16)15-14-7-4-3-6-12(14)10-13(11-17)18-15/h3-4,6-7,10H,5,8-9,11H2,1-2H3. The van der Waals surface area contributed by atoms with E-state index in [2.05, 4.69) is 49.1 Å². The number of halogens is 1. The van der Waals surface area contributed by atoms with Crippen LogP contribution in [0, 0.1) is 0 Å². The van der Waals surface area contributed by atoms with Crippen molar-refractivity contribution < 1.29 is 0 Å². The van der Waals surface area contributed by atoms with Gasteiger partial charge in [0.15, 0.2) is 0 Å². The van der Waals surface area contributed by atoms with E-state index in [1.807, 2.05) is 0 Å². The highest BCUT2D eigenvalue weighted by Gasteiger charge is 2.33. The zero-order chi connectivity index (χ0) is 13.5. The average molecular weight is 275 g/mol. The van der Waals surface area contributed by atoms with Crippen LogP contribution in [0.1, 0.15) is 32.4 Å². The summed E-state index contributed by atoms with van der Waals surface area (Å²) in [6.07, 6.45) is 2.45. The Morgan fingerprint density at radius 3 is 2.79 bits per heavy atom. The zero-order valence-corrected chi connectivity index (χ0v) is 12.2. The molecule has 3 heteroatoms. The van der Waals surface area contributed by atoms with Crippen LogP contribution in [-0.2, 0) is 5.88 Å². The van der Waals surface area contributed by atoms with Crippen LogP contribution in [0.2, 0.25) is 0 Å². The molecule has 0 amide bonds. The third kappa shape index (κ3) is 2.18. The summed E-state index contributed by atoms with van der Waals surface area (Å²) in [6.45, 7) is 5.67. The maximum Gasteiger partial charge on any atom is 0.137 e. The third-order valence-corrected chi connectivity index (χ3v) is 4.34. The van der Waals surface area contributed by atoms with E-state index in [4.69, 9.17) is 16.6 Å². The van der Waals surface area contributed by atoms with Gasteiger partial charge in [-0.05, 0) is 38.1 Å². The first kappa shape index (κ1) is 12.7. The molecule has 3 rings (SSSR count). The molecule has 1 aromatic carbocycles. The Kier molecular flexibility index (Phi) is 3.14. The fraction of sp³-hybridized carbons (Fsp3) is 0.438. The first-order chi connectivity index (χ1) is 9.12. The van der Waals surface area contributed by atoms with E-state index in [0.717, 1.165) is 18.1 Å². The lowest BCUT2D eigenvalue weighted by atomic mass is 10.0. The Labute approximate surface area is 119 Å². The van der Waals surface area contributed by atoms with Gasteiger partial charge in [-0.3, -0.25) is 0 Å². The second kappa shape index (κ2) is 4.68. The van der Waals surface area contributed by atoms with E-state index >= 15 is 0 Å². The van der Waals surface area contributed by atoms with Crippen molar-refractivity contribution in [3.05, 3.63) is 36.0 Å². The van der Waals surface area contributed by atoms with Crippen LogP contribution in [0.25, 0.3) is 10.8 Å². The first-order valence-corrected chi connectivity index (χ1v) is 7.37. The van der Waals surface area contributed by atoms with Crippen molar-refractivity contribution in [1.82, 2.24) is 4.98 Å². The van der Waals surface area contributed by atoms with E-state index in [0.29, 0.717) is 5.88 Å². The number of aromatic nitrogens is 1. The van der Waals surface area contributed by atoms with Crippen LogP contribution in [-0.4, -0.2) is 17.1 Å². The van der Waals surface area contributed by atoms with Crippen molar-refractivity contribution in [2.75, 3.05) is 11.4 Å². The largest absolute Gasteiger partial charge is 0.351 e. The quantitative estimate of drug-likeness (QED) is 0.757. The molecule has 1 aliphatic heterocycles. The summed E-state index contributed by atoms with van der Waals surface area (Å²) < 4.78 is 0. The van der Waals surface area contributed by atoms with Gasteiger partial charge in [-0.15, -0.1) is 11.6 Å². The summed E-state index contributed by atoms with van der Waals surface area (Å²) in [5.41, 5.74) is 1.14. The summed E-state index contributed by atoms with van der Waals surface area (Å²) in [4.78, 5) is 7.23. The molecule has 0 spiro atoms. The zero-order valence-electron chi connectivity index (χ0n) is 11.5. The lowest BCUT2D eigenvalue weighted by molar-refractivity contribution is 0.515. The minimum absolute atomic E-state index is 0.181. The van der Waals surface area contributed by atoms with E-state index in [-0.39, 0.29) is 5.54 Å². The highest BCUT2D eigenvalue weighted by atomic mass is 35.5. The number of fused-ring (bicyclic) bond motifs is 1. The molecule has 0 bridgehead atoms. The molecule has 0 aliphatic carbocycles. The molecule has 19 heavy (non-hydrogen) atoms. The van der Waals surface area contributed by atoms with Crippen molar-refractivity contribution in [3.8, 4) is 0 Å². The monoisotopic (exact) mass is 274 g/mol. The number of nitrogens with zero attached hydrogens (tertiary/aromatic N) is 2. The van der Waals surface area contributed by atoms with E-state index in [1.165, 1.54) is 23.6 Å². The van der Waals surface area contributed by atoms with Gasteiger partial charge in [0.25, 0.3) is 0 Å². The number of benzene rings is 1. The fourth-order valence-electron chi connectivity index (χ4n) is 3.01. The van der Waals surface area contributed by atoms with Gasteiger partial charge >= 0.3 is 0 Å². The highest BCUT2D eigenvalue weighted by Crippen LogP contribution is 2.36. The Balaban J connectivity index is 2.21. The Bertz CT molecular complexity index is 607. The molecule has 1 aliphatic rings. The van der Waals surface area contributed by atoms with Crippen molar-refractivity contribution in [2.45, 2.75) is 38.1 Å². The van der Waals surface area contributed by atoms with Crippen molar-refractivity contribution >= 4 is 28.2 Å². The van der Waals surface area contributed by atoms with Gasteiger partial charge in [-0.1, -0.05) is 24.3 Å². The summed E-state index contributed by atoms with van der Waals surface area (Å²) >= 11 is 6.00. The van der Waals surface area contributed by atoms with Crippen LogP contribution < -0.4 is 4.90 Å². The lowest BCUT2D eigenvalue weighted by Gasteiger charge is -2.33. The number of pyridine rings is 1. The minimum Gasteiger partial charge on any atom is -0.351 e. The van der Waals surface area contributed by atoms with Crippen LogP contribution in [0.5, 0.6) is 0 Å². The lowest BCUT2D eigenvalue weighted by Crippen LogP contribution is -2.38. The smallest absolute Gasteiger partial charge is 0.137 e. The molecular weight excluding hydrogens is 256 g/mol. The molecule has 2 heterocycles. The topological polar surface area (TPSA) is 16.1 Å². The van der Waals surface area contributed by atoms with Gasteiger partial charge in [0, 0.05) is 17.5 Å². The van der Waals surface area contributed by atoms with Crippen LogP contribution in [0.4, 0.5) is 5.82 Å². The molecule has 1 saturated heterocycles. The molecule has 2 nitrogen and oxygen atoms in total. The predicted octanol–water partition coefficient (Wildman–Crippen LogP) is 4.35. The minimum atomic E-state index is 0.181. The van der Waals surface area contributed by atoms with Crippen LogP contribution in [0.3, 0.4) is 0 Å². The molecule has 0 radical (unpaired) electrons. The fourth-order valence-corrected chi connectivity index (χ4v) is 3.15. The second-order valence-electron chi connectivity index (χ2n) is 5.86. The van der Waals surface area contributed by atoms with Crippen molar-refractivity contribution in [1.29, 1.82) is 0 Å². The predicted molar refractivity (Wildman–Crippen MR) is 82.0 cm³/mol. The Hall–Kier alpha value is -1.28. The van der Waals surface area contributed by atoms with Gasteiger partial charge in [0.05, 0.1) is 11.6 Å². The highest BCUT2D eigenvalue weighted by molar-refractivity contribution is 6.17. The maximum atomic E-state index is 6.00. The van der Waals surface area contributed by atoms with Gasteiger partial charge in [-0.2, -0.15) is 0 Å². The SMILES string of the molecule is CC1(C)CCCN1c1nc(CCl)cc2ccccc12. The van der Waals surface area contributed by atoms with E-state index in [9.17, 15) is 0 Å². The van der Waals surface area contributed by atoms with Gasteiger partial charge in [-0.25, -0.2) is 4.98 Å². The van der Waals surface area contributed by atoms with Gasteiger partial charge in [0.2, 0.25) is 0 Å². The summed E-state index contributed by atoms with van der Waals surface area (Å²) in [5, 5.41) is 2.46. The van der Waals surface area contributed by atoms with Gasteiger partial charge in [0.1, 0.15) is 5.82 Å². The molecule has 100 valence electrons. The van der Waals surface area contributed by atoms with Gasteiger partial charge < -0.3 is 4.90 Å². The third-order valence-electron chi connectivity index (χ3n) is 4.07. The number of alkyl halides is 1. The number of rotatable bonds is 2. The second-order valence-corrected chi connectivity index (χ2v) is 6.13. The maximum absolute atomic E-state index is 6.00. The Morgan fingerprint density at radius 1 is 1.32 bits per heavy atom. The molecule has 0 N–H and O–H groups in total. The van der Waals surface area contributed by atoms with E-state index in [1.54, 1.807) is 0 Å². The Morgan fingerprint density at radius 2 is 2.11 bits per heavy atom. The van der Waals surface area contributed by atoms with Crippen molar-refractivity contribution in [2.24, 2.45) is 0 Å². The molecule has 1 fully saturated rings. The summed E-state index contributed by atoms with van der Waals surface area (Å²) in [6, 6.07) is 10.5. The number of anilines is 1. The van der Waals surface area contributed by atoms with Crippen LogP contribution >= 0.6 is 11.6 Å². The summed E-state index contributed by atoms with van der Waals surface area (Å²) in [5.74, 6) is 1.56. The van der Waals surface area contributed by atoms with Crippen molar-refractivity contribution in [3.63, 3.8) is 0 Å². The normalized spacial score (nSPS) is 18.2.